The van der Waals surface area contributed by atoms with Crippen molar-refractivity contribution in [2.45, 2.75) is 39.3 Å². The Hall–Kier alpha value is -2.04. The Morgan fingerprint density at radius 1 is 1.08 bits per heavy atom. The van der Waals surface area contributed by atoms with Crippen molar-refractivity contribution in [2.24, 2.45) is 4.99 Å². The van der Waals surface area contributed by atoms with Crippen LogP contribution in [0, 0.1) is 0 Å². The Morgan fingerprint density at radius 2 is 1.88 bits per heavy atom. The molecule has 1 aromatic heterocycles. The van der Waals surface area contributed by atoms with Gasteiger partial charge >= 0.3 is 0 Å². The lowest BCUT2D eigenvalue weighted by Gasteiger charge is -2.27. The number of fused-ring (bicyclic) bond motifs is 1. The van der Waals surface area contributed by atoms with Crippen molar-refractivity contribution in [3.63, 3.8) is 0 Å². The highest BCUT2D eigenvalue weighted by Crippen LogP contribution is 2.33. The largest absolute Gasteiger partial charge is 0.379 e. The molecule has 0 radical (unpaired) electrons. The van der Waals surface area contributed by atoms with Gasteiger partial charge in [0.15, 0.2) is 0 Å². The molecule has 0 saturated carbocycles. The minimum atomic E-state index is 0.354. The number of hydrogen-bond acceptors (Lipinski definition) is 4. The molecule has 0 N–H and O–H groups in total. The van der Waals surface area contributed by atoms with Crippen molar-refractivity contribution in [3.8, 4) is 11.1 Å². The third-order valence-corrected chi connectivity index (χ3v) is 5.69. The first-order valence-electron chi connectivity index (χ1n) is 9.55. The van der Waals surface area contributed by atoms with Gasteiger partial charge in [0.25, 0.3) is 0 Å². The number of morpholine rings is 1. The van der Waals surface area contributed by atoms with E-state index in [1.54, 1.807) is 0 Å². The Balaban J connectivity index is 1.61. The zero-order chi connectivity index (χ0) is 18.1. The Bertz CT molecular complexity index is 824. The molecule has 2 unspecified atom stereocenters. The van der Waals surface area contributed by atoms with Crippen LogP contribution in [0.1, 0.15) is 43.4 Å². The predicted octanol–water partition coefficient (Wildman–Crippen LogP) is 3.90. The molecule has 2 atom stereocenters. The van der Waals surface area contributed by atoms with E-state index in [0.717, 1.165) is 38.6 Å². The highest BCUT2D eigenvalue weighted by Gasteiger charge is 2.23. The van der Waals surface area contributed by atoms with Crippen LogP contribution in [-0.4, -0.2) is 47.9 Å². The number of aliphatic imine (C=N–C) groups is 1. The van der Waals surface area contributed by atoms with Crippen molar-refractivity contribution in [3.05, 3.63) is 53.3 Å². The van der Waals surface area contributed by atoms with Crippen molar-refractivity contribution >= 4 is 5.71 Å². The van der Waals surface area contributed by atoms with E-state index in [4.69, 9.17) is 9.73 Å². The van der Waals surface area contributed by atoms with E-state index in [-0.39, 0.29) is 0 Å². The van der Waals surface area contributed by atoms with E-state index in [0.29, 0.717) is 12.0 Å². The van der Waals surface area contributed by atoms with Crippen LogP contribution in [0.5, 0.6) is 0 Å². The van der Waals surface area contributed by atoms with Gasteiger partial charge in [0.05, 0.1) is 19.3 Å². The second-order valence-electron chi connectivity index (χ2n) is 7.52. The Labute approximate surface area is 155 Å². The topological polar surface area (TPSA) is 37.7 Å². The average Bonchev–Trinajstić information content (AvgIpc) is 2.67. The summed E-state index contributed by atoms with van der Waals surface area (Å²) >= 11 is 0. The SMILES string of the molecule is CC1=NC(C)C(C)c2ccc(-c3cncc(CN4CCOCC4)c3)cc21. The second-order valence-corrected chi connectivity index (χ2v) is 7.52. The summed E-state index contributed by atoms with van der Waals surface area (Å²) in [6.45, 7) is 11.2. The summed E-state index contributed by atoms with van der Waals surface area (Å²) in [5.74, 6) is 0.466. The van der Waals surface area contributed by atoms with Crippen LogP contribution in [0.3, 0.4) is 0 Å². The molecular formula is C22H27N3O. The first-order chi connectivity index (χ1) is 12.6. The molecule has 0 spiro atoms. The summed E-state index contributed by atoms with van der Waals surface area (Å²) in [6.07, 6.45) is 3.94. The van der Waals surface area contributed by atoms with Gasteiger partial charge in [0.2, 0.25) is 0 Å². The Kier molecular flexibility index (Phi) is 4.88. The van der Waals surface area contributed by atoms with Crippen LogP contribution in [0.2, 0.25) is 0 Å². The van der Waals surface area contributed by atoms with Gasteiger partial charge < -0.3 is 4.74 Å². The number of nitrogens with zero attached hydrogens (tertiary/aromatic N) is 3. The Morgan fingerprint density at radius 3 is 2.69 bits per heavy atom. The molecule has 2 aliphatic heterocycles. The molecule has 4 nitrogen and oxygen atoms in total. The number of pyridine rings is 1. The molecule has 1 fully saturated rings. The van der Waals surface area contributed by atoms with Gasteiger partial charge in [-0.15, -0.1) is 0 Å². The lowest BCUT2D eigenvalue weighted by Crippen LogP contribution is -2.35. The lowest BCUT2D eigenvalue weighted by atomic mass is 9.84. The zero-order valence-electron chi connectivity index (χ0n) is 15.9. The van der Waals surface area contributed by atoms with Crippen LogP contribution in [0.4, 0.5) is 0 Å². The first-order valence-corrected chi connectivity index (χ1v) is 9.55. The molecule has 2 aromatic rings. The fraction of sp³-hybridized carbons (Fsp3) is 0.455. The van der Waals surface area contributed by atoms with Crippen molar-refractivity contribution < 1.29 is 4.74 Å². The molecule has 1 saturated heterocycles. The monoisotopic (exact) mass is 349 g/mol. The molecule has 4 heteroatoms. The van der Waals surface area contributed by atoms with E-state index in [2.05, 4.69) is 54.9 Å². The molecule has 0 bridgehead atoms. The maximum Gasteiger partial charge on any atom is 0.0594 e. The molecule has 26 heavy (non-hydrogen) atoms. The third kappa shape index (κ3) is 3.44. The smallest absolute Gasteiger partial charge is 0.0594 e. The van der Waals surface area contributed by atoms with Gasteiger partial charge in [0, 0.05) is 49.2 Å². The summed E-state index contributed by atoms with van der Waals surface area (Å²) in [5, 5.41) is 0. The standard InChI is InChI=1S/C22H27N3O/c1-15-16(2)24-17(3)22-11-19(4-5-21(15)22)20-10-18(12-23-13-20)14-25-6-8-26-9-7-25/h4-5,10-13,15-16H,6-9,14H2,1-3H3. The van der Waals surface area contributed by atoms with Gasteiger partial charge in [-0.2, -0.15) is 0 Å². The van der Waals surface area contributed by atoms with Crippen LogP contribution < -0.4 is 0 Å². The first kappa shape index (κ1) is 17.4. The molecule has 136 valence electrons. The number of rotatable bonds is 3. The van der Waals surface area contributed by atoms with Crippen LogP contribution in [0.15, 0.2) is 41.7 Å². The van der Waals surface area contributed by atoms with Crippen LogP contribution in [-0.2, 0) is 11.3 Å². The van der Waals surface area contributed by atoms with E-state index in [9.17, 15) is 0 Å². The van der Waals surface area contributed by atoms with E-state index < -0.39 is 0 Å². The molecule has 3 heterocycles. The number of aromatic nitrogens is 1. The minimum absolute atomic E-state index is 0.354. The van der Waals surface area contributed by atoms with Gasteiger partial charge in [-0.1, -0.05) is 19.1 Å². The van der Waals surface area contributed by atoms with E-state index in [1.165, 1.54) is 27.8 Å². The molecule has 0 amide bonds. The average molecular weight is 349 g/mol. The van der Waals surface area contributed by atoms with Gasteiger partial charge in [0.1, 0.15) is 0 Å². The molecule has 4 rings (SSSR count). The quantitative estimate of drug-likeness (QED) is 0.843. The number of ether oxygens (including phenoxy) is 1. The summed E-state index contributed by atoms with van der Waals surface area (Å²) in [6, 6.07) is 9.42. The summed E-state index contributed by atoms with van der Waals surface area (Å²) in [7, 11) is 0. The third-order valence-electron chi connectivity index (χ3n) is 5.69. The fourth-order valence-electron chi connectivity index (χ4n) is 3.94. The maximum atomic E-state index is 5.44. The van der Waals surface area contributed by atoms with Crippen LogP contribution >= 0.6 is 0 Å². The number of benzene rings is 1. The van der Waals surface area contributed by atoms with Gasteiger partial charge in [-0.05, 0) is 48.2 Å². The molecule has 0 aliphatic carbocycles. The van der Waals surface area contributed by atoms with Crippen LogP contribution in [0.25, 0.3) is 11.1 Å². The second kappa shape index (κ2) is 7.29. The van der Waals surface area contributed by atoms with E-state index >= 15 is 0 Å². The summed E-state index contributed by atoms with van der Waals surface area (Å²) in [4.78, 5) is 11.7. The maximum absolute atomic E-state index is 5.44. The molecular weight excluding hydrogens is 322 g/mol. The molecule has 2 aliphatic rings. The van der Waals surface area contributed by atoms with Crippen molar-refractivity contribution in [2.75, 3.05) is 26.3 Å². The minimum Gasteiger partial charge on any atom is -0.379 e. The normalized spacial score (nSPS) is 23.4. The highest BCUT2D eigenvalue weighted by atomic mass is 16.5. The number of hydrogen-bond donors (Lipinski definition) is 0. The van der Waals surface area contributed by atoms with Gasteiger partial charge in [-0.3, -0.25) is 14.9 Å². The fourth-order valence-corrected chi connectivity index (χ4v) is 3.94. The van der Waals surface area contributed by atoms with Crippen molar-refractivity contribution in [1.82, 2.24) is 9.88 Å². The zero-order valence-corrected chi connectivity index (χ0v) is 15.9. The molecule has 1 aromatic carbocycles. The van der Waals surface area contributed by atoms with Crippen molar-refractivity contribution in [1.29, 1.82) is 0 Å². The van der Waals surface area contributed by atoms with Gasteiger partial charge in [-0.25, -0.2) is 0 Å². The lowest BCUT2D eigenvalue weighted by molar-refractivity contribution is 0.0341. The predicted molar refractivity (Wildman–Crippen MR) is 106 cm³/mol. The summed E-state index contributed by atoms with van der Waals surface area (Å²) < 4.78 is 5.44. The highest BCUT2D eigenvalue weighted by molar-refractivity contribution is 6.02. The van der Waals surface area contributed by atoms with E-state index in [1.807, 2.05) is 12.4 Å². The summed E-state index contributed by atoms with van der Waals surface area (Å²) in [5.41, 5.74) is 7.49.